The van der Waals surface area contributed by atoms with Gasteiger partial charge >= 0.3 is 0 Å². The third kappa shape index (κ3) is 2.95. The van der Waals surface area contributed by atoms with Gasteiger partial charge in [0, 0.05) is 22.6 Å². The van der Waals surface area contributed by atoms with Crippen LogP contribution in [0, 0.1) is 0 Å². The first-order valence-corrected chi connectivity index (χ1v) is 7.27. The molecule has 1 fully saturated rings. The van der Waals surface area contributed by atoms with E-state index >= 15 is 0 Å². The van der Waals surface area contributed by atoms with E-state index in [1.54, 1.807) is 0 Å². The number of hydrogen-bond donors (Lipinski definition) is 0. The molecule has 1 aliphatic rings. The van der Waals surface area contributed by atoms with Crippen LogP contribution in [0.15, 0.2) is 22.7 Å². The highest BCUT2D eigenvalue weighted by atomic mass is 79.9. The Bertz CT molecular complexity index is 386. The van der Waals surface area contributed by atoms with Gasteiger partial charge in [-0.05, 0) is 24.1 Å². The molecule has 2 nitrogen and oxygen atoms in total. The van der Waals surface area contributed by atoms with E-state index in [-0.39, 0.29) is 0 Å². The standard InChI is InChI=1S/C13H17BrClNO/c1-2-12-9-17-6-5-16(12)13-7-11(14)4-3-10(13)8-15/h3-4,7,12H,2,5-6,8-9H2,1H3. The third-order valence-electron chi connectivity index (χ3n) is 3.20. The van der Waals surface area contributed by atoms with Gasteiger partial charge in [-0.2, -0.15) is 0 Å². The molecule has 1 heterocycles. The van der Waals surface area contributed by atoms with Crippen molar-refractivity contribution in [3.05, 3.63) is 28.2 Å². The predicted octanol–water partition coefficient (Wildman–Crippen LogP) is 3.80. The fourth-order valence-corrected chi connectivity index (χ4v) is 2.80. The van der Waals surface area contributed by atoms with E-state index in [1.807, 2.05) is 6.07 Å². The Morgan fingerprint density at radius 2 is 2.35 bits per heavy atom. The first kappa shape index (κ1) is 13.2. The zero-order valence-corrected chi connectivity index (χ0v) is 12.3. The summed E-state index contributed by atoms with van der Waals surface area (Å²) in [6, 6.07) is 6.75. The molecule has 1 aromatic carbocycles. The highest BCUT2D eigenvalue weighted by Gasteiger charge is 2.23. The molecule has 0 aromatic heterocycles. The predicted molar refractivity (Wildman–Crippen MR) is 75.9 cm³/mol. The van der Waals surface area contributed by atoms with Crippen molar-refractivity contribution in [2.75, 3.05) is 24.7 Å². The van der Waals surface area contributed by atoms with Gasteiger partial charge in [0.2, 0.25) is 0 Å². The van der Waals surface area contributed by atoms with E-state index in [4.69, 9.17) is 16.3 Å². The van der Waals surface area contributed by atoms with Crippen molar-refractivity contribution in [3.8, 4) is 0 Å². The average molecular weight is 319 g/mol. The van der Waals surface area contributed by atoms with Gasteiger partial charge in [-0.1, -0.05) is 28.9 Å². The smallest absolute Gasteiger partial charge is 0.0670 e. The normalized spacial score (nSPS) is 20.6. The van der Waals surface area contributed by atoms with Crippen molar-refractivity contribution in [1.29, 1.82) is 0 Å². The Balaban J connectivity index is 2.33. The molecule has 2 rings (SSSR count). The minimum Gasteiger partial charge on any atom is -0.377 e. The number of benzene rings is 1. The second-order valence-electron chi connectivity index (χ2n) is 4.24. The molecular formula is C13H17BrClNO. The maximum atomic E-state index is 6.02. The maximum Gasteiger partial charge on any atom is 0.0670 e. The Labute approximate surface area is 116 Å². The molecular weight excluding hydrogens is 302 g/mol. The molecule has 0 aliphatic carbocycles. The number of hydrogen-bond acceptors (Lipinski definition) is 2. The molecule has 0 spiro atoms. The minimum atomic E-state index is 0.458. The lowest BCUT2D eigenvalue weighted by Gasteiger charge is -2.38. The highest BCUT2D eigenvalue weighted by molar-refractivity contribution is 9.10. The molecule has 0 N–H and O–H groups in total. The Morgan fingerprint density at radius 1 is 1.53 bits per heavy atom. The lowest BCUT2D eigenvalue weighted by Crippen LogP contribution is -2.45. The van der Waals surface area contributed by atoms with Crippen LogP contribution in [0.3, 0.4) is 0 Å². The summed E-state index contributed by atoms with van der Waals surface area (Å²) in [6.07, 6.45) is 1.09. The summed E-state index contributed by atoms with van der Waals surface area (Å²) in [7, 11) is 0. The van der Waals surface area contributed by atoms with Crippen LogP contribution in [-0.4, -0.2) is 25.8 Å². The van der Waals surface area contributed by atoms with Crippen molar-refractivity contribution in [2.24, 2.45) is 0 Å². The molecule has 1 unspecified atom stereocenters. The largest absolute Gasteiger partial charge is 0.377 e. The number of alkyl halides is 1. The number of nitrogens with zero attached hydrogens (tertiary/aromatic N) is 1. The van der Waals surface area contributed by atoms with Crippen molar-refractivity contribution in [1.82, 2.24) is 0 Å². The number of rotatable bonds is 3. The number of morpholine rings is 1. The Kier molecular flexibility index (Phi) is 4.71. The van der Waals surface area contributed by atoms with Crippen LogP contribution < -0.4 is 4.90 Å². The fraction of sp³-hybridized carbons (Fsp3) is 0.538. The molecule has 4 heteroatoms. The fourth-order valence-electron chi connectivity index (χ4n) is 2.23. The summed E-state index contributed by atoms with van der Waals surface area (Å²) in [4.78, 5) is 2.42. The van der Waals surface area contributed by atoms with Gasteiger partial charge in [-0.25, -0.2) is 0 Å². The van der Waals surface area contributed by atoms with Gasteiger partial charge in [0.05, 0.1) is 19.3 Å². The quantitative estimate of drug-likeness (QED) is 0.786. The number of ether oxygens (including phenoxy) is 1. The molecule has 0 saturated carbocycles. The summed E-state index contributed by atoms with van der Waals surface area (Å²) in [5.74, 6) is 0.552. The van der Waals surface area contributed by atoms with Gasteiger partial charge in [0.25, 0.3) is 0 Å². The maximum absolute atomic E-state index is 6.02. The van der Waals surface area contributed by atoms with Gasteiger partial charge < -0.3 is 9.64 Å². The van der Waals surface area contributed by atoms with Crippen molar-refractivity contribution in [3.63, 3.8) is 0 Å². The molecule has 1 aromatic rings. The van der Waals surface area contributed by atoms with Crippen LogP contribution in [-0.2, 0) is 10.6 Å². The summed E-state index contributed by atoms with van der Waals surface area (Å²) < 4.78 is 6.64. The van der Waals surface area contributed by atoms with Crippen LogP contribution in [0.1, 0.15) is 18.9 Å². The molecule has 0 amide bonds. The minimum absolute atomic E-state index is 0.458. The molecule has 1 atom stereocenters. The van der Waals surface area contributed by atoms with Gasteiger partial charge in [0.15, 0.2) is 0 Å². The zero-order chi connectivity index (χ0) is 12.3. The Hall–Kier alpha value is -0.250. The SMILES string of the molecule is CCC1COCCN1c1cc(Br)ccc1CCl. The lowest BCUT2D eigenvalue weighted by atomic mass is 10.1. The molecule has 17 heavy (non-hydrogen) atoms. The number of anilines is 1. The average Bonchev–Trinajstić information content (AvgIpc) is 2.38. The zero-order valence-electron chi connectivity index (χ0n) is 9.96. The second-order valence-corrected chi connectivity index (χ2v) is 5.42. The van der Waals surface area contributed by atoms with Crippen molar-refractivity contribution < 1.29 is 4.74 Å². The molecule has 0 bridgehead atoms. The molecule has 1 saturated heterocycles. The Morgan fingerprint density at radius 3 is 3.06 bits per heavy atom. The van der Waals surface area contributed by atoms with Gasteiger partial charge in [0.1, 0.15) is 0 Å². The summed E-state index contributed by atoms with van der Waals surface area (Å²) in [5.41, 5.74) is 2.43. The first-order valence-electron chi connectivity index (χ1n) is 5.95. The van der Waals surface area contributed by atoms with Crippen LogP contribution in [0.4, 0.5) is 5.69 Å². The van der Waals surface area contributed by atoms with Crippen molar-refractivity contribution in [2.45, 2.75) is 25.3 Å². The summed E-state index contributed by atoms with van der Waals surface area (Å²) >= 11 is 9.55. The summed E-state index contributed by atoms with van der Waals surface area (Å²) in [6.45, 7) is 4.75. The monoisotopic (exact) mass is 317 g/mol. The van der Waals surface area contributed by atoms with E-state index in [1.165, 1.54) is 11.3 Å². The van der Waals surface area contributed by atoms with E-state index in [9.17, 15) is 0 Å². The van der Waals surface area contributed by atoms with Crippen LogP contribution >= 0.6 is 27.5 Å². The van der Waals surface area contributed by atoms with E-state index in [0.717, 1.165) is 30.7 Å². The van der Waals surface area contributed by atoms with Gasteiger partial charge in [-0.15, -0.1) is 11.6 Å². The third-order valence-corrected chi connectivity index (χ3v) is 3.98. The van der Waals surface area contributed by atoms with E-state index in [0.29, 0.717) is 11.9 Å². The summed E-state index contributed by atoms with van der Waals surface area (Å²) in [5, 5.41) is 0. The highest BCUT2D eigenvalue weighted by Crippen LogP contribution is 2.29. The number of halogens is 2. The van der Waals surface area contributed by atoms with E-state index in [2.05, 4.69) is 39.9 Å². The van der Waals surface area contributed by atoms with Crippen LogP contribution in [0.5, 0.6) is 0 Å². The van der Waals surface area contributed by atoms with Gasteiger partial charge in [-0.3, -0.25) is 0 Å². The second kappa shape index (κ2) is 6.07. The first-order chi connectivity index (χ1) is 8.26. The topological polar surface area (TPSA) is 12.5 Å². The lowest BCUT2D eigenvalue weighted by molar-refractivity contribution is 0.0929. The molecule has 94 valence electrons. The molecule has 0 radical (unpaired) electrons. The van der Waals surface area contributed by atoms with E-state index < -0.39 is 0 Å². The van der Waals surface area contributed by atoms with Crippen LogP contribution in [0.25, 0.3) is 0 Å². The van der Waals surface area contributed by atoms with Crippen molar-refractivity contribution >= 4 is 33.2 Å². The molecule has 1 aliphatic heterocycles. The van der Waals surface area contributed by atoms with Crippen LogP contribution in [0.2, 0.25) is 0 Å².